The second kappa shape index (κ2) is 3.89. The summed E-state index contributed by atoms with van der Waals surface area (Å²) < 4.78 is 15.8. The van der Waals surface area contributed by atoms with Crippen LogP contribution in [0.3, 0.4) is 0 Å². The van der Waals surface area contributed by atoms with E-state index in [9.17, 15) is 5.11 Å². The van der Waals surface area contributed by atoms with Crippen molar-refractivity contribution in [2.45, 2.75) is 30.8 Å². The number of hydrogen-bond donors (Lipinski definition) is 2. The van der Waals surface area contributed by atoms with Gasteiger partial charge in [0.2, 0.25) is 0 Å². The van der Waals surface area contributed by atoms with Crippen molar-refractivity contribution in [3.63, 3.8) is 0 Å². The lowest BCUT2D eigenvalue weighted by molar-refractivity contribution is -0.275. The molecule has 2 rings (SSSR count). The molecule has 0 aromatic heterocycles. The Morgan fingerprint density at radius 2 is 2.08 bits per heavy atom. The predicted octanol–water partition coefficient (Wildman–Crippen LogP) is -1.13. The maximum atomic E-state index is 9.30. The van der Waals surface area contributed by atoms with Crippen LogP contribution in [0.1, 0.15) is 6.42 Å². The molecule has 5 heteroatoms. The molecule has 4 atom stereocenters. The fraction of sp³-hybridized carbons (Fsp3) is 1.00. The Morgan fingerprint density at radius 1 is 1.23 bits per heavy atom. The molecule has 0 aromatic rings. The first-order valence-electron chi connectivity index (χ1n) is 4.45. The molecule has 13 heavy (non-hydrogen) atoms. The van der Waals surface area contributed by atoms with Crippen molar-refractivity contribution < 1.29 is 24.4 Å². The third kappa shape index (κ3) is 1.84. The summed E-state index contributed by atoms with van der Waals surface area (Å²) in [5.74, 6) is 0. The summed E-state index contributed by atoms with van der Waals surface area (Å²) in [7, 11) is 0. The first-order chi connectivity index (χ1) is 6.31. The van der Waals surface area contributed by atoms with Gasteiger partial charge < -0.3 is 24.4 Å². The van der Waals surface area contributed by atoms with Crippen LogP contribution >= 0.6 is 0 Å². The minimum absolute atomic E-state index is 0.0688. The van der Waals surface area contributed by atoms with Crippen LogP contribution in [0, 0.1) is 0 Å². The van der Waals surface area contributed by atoms with Gasteiger partial charge in [-0.1, -0.05) is 0 Å². The molecule has 76 valence electrons. The smallest absolute Gasteiger partial charge is 0.147 e. The van der Waals surface area contributed by atoms with Crippen molar-refractivity contribution in [1.82, 2.24) is 0 Å². The molecule has 2 heterocycles. The predicted molar refractivity (Wildman–Crippen MR) is 42.1 cm³/mol. The summed E-state index contributed by atoms with van der Waals surface area (Å²) in [6.07, 6.45) is -0.591. The van der Waals surface area contributed by atoms with E-state index in [2.05, 4.69) is 0 Å². The summed E-state index contributed by atoms with van der Waals surface area (Å²) in [6, 6.07) is 0. The molecular weight excluding hydrogens is 176 g/mol. The molecule has 2 aliphatic rings. The van der Waals surface area contributed by atoms with Crippen molar-refractivity contribution >= 4 is 0 Å². The quantitative estimate of drug-likeness (QED) is 0.547. The molecular formula is C8H14O5. The molecule has 0 aromatic carbocycles. The van der Waals surface area contributed by atoms with Gasteiger partial charge in [0, 0.05) is 6.42 Å². The van der Waals surface area contributed by atoms with Gasteiger partial charge in [0.15, 0.2) is 0 Å². The van der Waals surface area contributed by atoms with E-state index < -0.39 is 6.10 Å². The van der Waals surface area contributed by atoms with E-state index in [-0.39, 0.29) is 31.7 Å². The molecule has 2 saturated heterocycles. The summed E-state index contributed by atoms with van der Waals surface area (Å²) >= 11 is 0. The summed E-state index contributed by atoms with van der Waals surface area (Å²) in [5, 5.41) is 18.3. The maximum Gasteiger partial charge on any atom is 0.147 e. The Bertz CT molecular complexity index is 174. The van der Waals surface area contributed by atoms with Crippen molar-refractivity contribution in [2.75, 3.05) is 20.0 Å². The Labute approximate surface area is 76.2 Å². The number of hydrogen-bond acceptors (Lipinski definition) is 5. The van der Waals surface area contributed by atoms with Crippen LogP contribution in [0.4, 0.5) is 0 Å². The number of ether oxygens (including phenoxy) is 3. The minimum atomic E-state index is -0.460. The van der Waals surface area contributed by atoms with Gasteiger partial charge in [-0.05, 0) is 0 Å². The van der Waals surface area contributed by atoms with Gasteiger partial charge in [0.1, 0.15) is 19.0 Å². The lowest BCUT2D eigenvalue weighted by Gasteiger charge is -2.41. The number of fused-ring (bicyclic) bond motifs is 1. The fourth-order valence-corrected chi connectivity index (χ4v) is 1.77. The van der Waals surface area contributed by atoms with E-state index in [0.717, 1.165) is 0 Å². The average Bonchev–Trinajstić information content (AvgIpc) is 2.16. The highest BCUT2D eigenvalue weighted by atomic mass is 16.7. The highest BCUT2D eigenvalue weighted by Crippen LogP contribution is 2.25. The normalized spacial score (nSPS) is 45.7. The molecule has 2 N–H and O–H groups in total. The molecule has 0 spiro atoms. The minimum Gasteiger partial charge on any atom is -0.394 e. The Hall–Kier alpha value is -0.200. The van der Waals surface area contributed by atoms with Gasteiger partial charge in [-0.3, -0.25) is 0 Å². The maximum absolute atomic E-state index is 9.30. The number of rotatable bonds is 1. The van der Waals surface area contributed by atoms with Gasteiger partial charge >= 0.3 is 0 Å². The van der Waals surface area contributed by atoms with Crippen LogP contribution in [0.25, 0.3) is 0 Å². The molecule has 2 fully saturated rings. The van der Waals surface area contributed by atoms with E-state index in [0.29, 0.717) is 13.0 Å². The third-order valence-corrected chi connectivity index (χ3v) is 2.46. The molecule has 2 unspecified atom stereocenters. The SMILES string of the molecule is OC[C@H]1OCOC2CC(O)CO[C@@H]21. The largest absolute Gasteiger partial charge is 0.394 e. The number of aliphatic hydroxyl groups is 2. The van der Waals surface area contributed by atoms with Crippen molar-refractivity contribution in [3.8, 4) is 0 Å². The van der Waals surface area contributed by atoms with Crippen molar-refractivity contribution in [2.24, 2.45) is 0 Å². The van der Waals surface area contributed by atoms with Crippen molar-refractivity contribution in [1.29, 1.82) is 0 Å². The number of aliphatic hydroxyl groups excluding tert-OH is 2. The second-order valence-electron chi connectivity index (χ2n) is 3.40. The van der Waals surface area contributed by atoms with Gasteiger partial charge in [0.05, 0.1) is 25.4 Å². The zero-order valence-corrected chi connectivity index (χ0v) is 7.26. The van der Waals surface area contributed by atoms with Crippen molar-refractivity contribution in [3.05, 3.63) is 0 Å². The zero-order chi connectivity index (χ0) is 9.26. The first-order valence-corrected chi connectivity index (χ1v) is 4.45. The lowest BCUT2D eigenvalue weighted by atomic mass is 9.98. The standard InChI is InChI=1S/C8H14O5/c9-2-7-8-6(12-4-13-7)1-5(10)3-11-8/h5-10H,1-4H2/t5?,6?,7-,8+/m1/s1. The summed E-state index contributed by atoms with van der Waals surface area (Å²) in [6.45, 7) is 0.396. The third-order valence-electron chi connectivity index (χ3n) is 2.46. The fourth-order valence-electron chi connectivity index (χ4n) is 1.77. The van der Waals surface area contributed by atoms with Gasteiger partial charge in [-0.2, -0.15) is 0 Å². The van der Waals surface area contributed by atoms with E-state index >= 15 is 0 Å². The molecule has 0 radical (unpaired) electrons. The van der Waals surface area contributed by atoms with E-state index in [4.69, 9.17) is 19.3 Å². The van der Waals surface area contributed by atoms with Crippen LogP contribution in [-0.4, -0.2) is 54.6 Å². The summed E-state index contributed by atoms with van der Waals surface area (Å²) in [4.78, 5) is 0. The summed E-state index contributed by atoms with van der Waals surface area (Å²) in [5.41, 5.74) is 0. The average molecular weight is 190 g/mol. The van der Waals surface area contributed by atoms with Gasteiger partial charge in [0.25, 0.3) is 0 Å². The highest BCUT2D eigenvalue weighted by Gasteiger charge is 2.40. The monoisotopic (exact) mass is 190 g/mol. The molecule has 0 aliphatic carbocycles. The highest BCUT2D eigenvalue weighted by molar-refractivity contribution is 4.86. The first kappa shape index (κ1) is 9.36. The van der Waals surface area contributed by atoms with Crippen LogP contribution in [-0.2, 0) is 14.2 Å². The molecule has 0 saturated carbocycles. The lowest BCUT2D eigenvalue weighted by Crippen LogP contribution is -2.54. The van der Waals surface area contributed by atoms with Gasteiger partial charge in [-0.25, -0.2) is 0 Å². The molecule has 5 nitrogen and oxygen atoms in total. The van der Waals surface area contributed by atoms with E-state index in [1.165, 1.54) is 0 Å². The van der Waals surface area contributed by atoms with Crippen LogP contribution in [0.15, 0.2) is 0 Å². The Kier molecular flexibility index (Phi) is 2.80. The molecule has 2 aliphatic heterocycles. The topological polar surface area (TPSA) is 68.2 Å². The van der Waals surface area contributed by atoms with Crippen LogP contribution in [0.2, 0.25) is 0 Å². The van der Waals surface area contributed by atoms with Crippen LogP contribution in [0.5, 0.6) is 0 Å². The van der Waals surface area contributed by atoms with Gasteiger partial charge in [-0.15, -0.1) is 0 Å². The zero-order valence-electron chi connectivity index (χ0n) is 7.26. The second-order valence-corrected chi connectivity index (χ2v) is 3.40. The Balaban J connectivity index is 1.99. The molecule has 0 amide bonds. The van der Waals surface area contributed by atoms with Crippen LogP contribution < -0.4 is 0 Å². The van der Waals surface area contributed by atoms with E-state index in [1.54, 1.807) is 0 Å². The molecule has 0 bridgehead atoms. The van der Waals surface area contributed by atoms with E-state index in [1.807, 2.05) is 0 Å². The Morgan fingerprint density at radius 3 is 2.85 bits per heavy atom.